The summed E-state index contributed by atoms with van der Waals surface area (Å²) in [6, 6.07) is 1.29. The predicted molar refractivity (Wildman–Crippen MR) is 56.4 cm³/mol. The van der Waals surface area contributed by atoms with Crippen LogP contribution >= 0.6 is 15.9 Å². The van der Waals surface area contributed by atoms with E-state index in [-0.39, 0.29) is 10.3 Å². The zero-order valence-corrected chi connectivity index (χ0v) is 9.49. The van der Waals surface area contributed by atoms with E-state index < -0.39 is 4.92 Å². The van der Waals surface area contributed by atoms with Crippen LogP contribution in [0, 0.1) is 15.3 Å². The van der Waals surface area contributed by atoms with Crippen molar-refractivity contribution in [2.24, 2.45) is 0 Å². The molecule has 1 heterocycles. The van der Waals surface area contributed by atoms with E-state index in [0.29, 0.717) is 24.1 Å². The quantitative estimate of drug-likeness (QED) is 0.258. The molecule has 1 aliphatic carbocycles. The van der Waals surface area contributed by atoms with Gasteiger partial charge in [0.2, 0.25) is 5.69 Å². The molecule has 0 N–H and O–H groups in total. The van der Waals surface area contributed by atoms with Crippen LogP contribution in [0.5, 0.6) is 0 Å². The molecule has 6 heteroatoms. The fraction of sp³-hybridized carbons (Fsp3) is 0.444. The number of rotatable bonds is 1. The smallest absolute Gasteiger partial charge is 0.286 e. The Hall–Kier alpha value is -1.17. The van der Waals surface area contributed by atoms with Gasteiger partial charge in [0.15, 0.2) is 0 Å². The van der Waals surface area contributed by atoms with Gasteiger partial charge in [-0.25, -0.2) is 0 Å². The summed E-state index contributed by atoms with van der Waals surface area (Å²) in [6.07, 6.45) is 3.08. The molecule has 0 radical (unpaired) electrons. The first-order chi connectivity index (χ1) is 7.11. The van der Waals surface area contributed by atoms with E-state index in [9.17, 15) is 15.3 Å². The first-order valence-electron chi connectivity index (χ1n) is 4.69. The second kappa shape index (κ2) is 3.77. The number of nitro groups is 1. The molecule has 0 amide bonds. The van der Waals surface area contributed by atoms with E-state index in [1.165, 1.54) is 6.07 Å². The minimum Gasteiger partial charge on any atom is -0.618 e. The third kappa shape index (κ3) is 1.69. The number of halogens is 1. The van der Waals surface area contributed by atoms with Crippen molar-refractivity contribution in [1.82, 2.24) is 0 Å². The third-order valence-corrected chi connectivity index (χ3v) is 3.19. The molecule has 1 aliphatic rings. The first kappa shape index (κ1) is 10.4. The minimum atomic E-state index is -0.422. The van der Waals surface area contributed by atoms with Gasteiger partial charge in [-0.15, -0.1) is 0 Å². The molecule has 0 aromatic carbocycles. The SMILES string of the molecule is O=[N+]([O-])c1cc(Br)[n+]([O-])c2c1CCCC2. The molecule has 15 heavy (non-hydrogen) atoms. The fourth-order valence-electron chi connectivity index (χ4n) is 1.94. The summed E-state index contributed by atoms with van der Waals surface area (Å²) in [7, 11) is 0. The molecule has 0 saturated heterocycles. The highest BCUT2D eigenvalue weighted by Gasteiger charge is 2.29. The molecule has 1 aromatic rings. The average Bonchev–Trinajstić information content (AvgIpc) is 2.23. The summed E-state index contributed by atoms with van der Waals surface area (Å²) < 4.78 is 0.969. The van der Waals surface area contributed by atoms with Crippen molar-refractivity contribution in [3.05, 3.63) is 37.2 Å². The van der Waals surface area contributed by atoms with Crippen LogP contribution in [-0.4, -0.2) is 4.92 Å². The monoisotopic (exact) mass is 272 g/mol. The standard InChI is InChI=1S/C9H9BrN2O3/c10-9-5-8(12(14)15)6-3-1-2-4-7(6)11(9)13/h5H,1-4H2. The summed E-state index contributed by atoms with van der Waals surface area (Å²) in [6.45, 7) is 0. The minimum absolute atomic E-state index is 0.0590. The highest BCUT2D eigenvalue weighted by molar-refractivity contribution is 9.10. The lowest BCUT2D eigenvalue weighted by atomic mass is 9.95. The molecule has 0 atom stereocenters. The molecule has 0 aliphatic heterocycles. The lowest BCUT2D eigenvalue weighted by Gasteiger charge is -2.15. The highest BCUT2D eigenvalue weighted by atomic mass is 79.9. The van der Waals surface area contributed by atoms with Crippen molar-refractivity contribution >= 4 is 21.6 Å². The van der Waals surface area contributed by atoms with Crippen LogP contribution in [0.25, 0.3) is 0 Å². The van der Waals surface area contributed by atoms with Gasteiger partial charge in [0.25, 0.3) is 10.3 Å². The lowest BCUT2D eigenvalue weighted by molar-refractivity contribution is -0.627. The Morgan fingerprint density at radius 3 is 2.73 bits per heavy atom. The van der Waals surface area contributed by atoms with E-state index in [4.69, 9.17) is 0 Å². The van der Waals surface area contributed by atoms with Crippen LogP contribution in [0.3, 0.4) is 0 Å². The van der Waals surface area contributed by atoms with Crippen molar-refractivity contribution in [1.29, 1.82) is 0 Å². The molecule has 0 fully saturated rings. The van der Waals surface area contributed by atoms with E-state index in [1.54, 1.807) is 0 Å². The Kier molecular flexibility index (Phi) is 2.60. The normalized spacial score (nSPS) is 14.7. The topological polar surface area (TPSA) is 70.1 Å². The summed E-state index contributed by atoms with van der Waals surface area (Å²) in [4.78, 5) is 10.4. The maximum absolute atomic E-state index is 11.6. The molecule has 2 rings (SSSR count). The number of fused-ring (bicyclic) bond motifs is 1. The van der Waals surface area contributed by atoms with Crippen LogP contribution in [0.15, 0.2) is 10.7 Å². The van der Waals surface area contributed by atoms with Gasteiger partial charge in [0, 0.05) is 22.4 Å². The number of aromatic nitrogens is 1. The molecular formula is C9H9BrN2O3. The number of hydrogen-bond acceptors (Lipinski definition) is 3. The summed E-state index contributed by atoms with van der Waals surface area (Å²) in [5.74, 6) is 0. The zero-order chi connectivity index (χ0) is 11.0. The van der Waals surface area contributed by atoms with E-state index >= 15 is 0 Å². The number of hydrogen-bond donors (Lipinski definition) is 0. The predicted octanol–water partition coefficient (Wildman–Crippen LogP) is 1.87. The molecular weight excluding hydrogens is 264 g/mol. The van der Waals surface area contributed by atoms with E-state index in [1.807, 2.05) is 0 Å². The van der Waals surface area contributed by atoms with Crippen molar-refractivity contribution < 1.29 is 9.65 Å². The molecule has 80 valence electrons. The number of nitrogens with zero attached hydrogens (tertiary/aromatic N) is 2. The fourth-order valence-corrected chi connectivity index (χ4v) is 2.37. The van der Waals surface area contributed by atoms with Crippen molar-refractivity contribution in [2.75, 3.05) is 0 Å². The van der Waals surface area contributed by atoms with Gasteiger partial charge < -0.3 is 5.21 Å². The Balaban J connectivity index is 2.67. The Morgan fingerprint density at radius 2 is 2.07 bits per heavy atom. The van der Waals surface area contributed by atoms with Gasteiger partial charge in [-0.2, -0.15) is 4.73 Å². The van der Waals surface area contributed by atoms with Crippen molar-refractivity contribution in [3.8, 4) is 0 Å². The van der Waals surface area contributed by atoms with Gasteiger partial charge in [-0.1, -0.05) is 0 Å². The zero-order valence-electron chi connectivity index (χ0n) is 7.90. The molecule has 5 nitrogen and oxygen atoms in total. The van der Waals surface area contributed by atoms with Crippen LogP contribution < -0.4 is 4.73 Å². The maximum atomic E-state index is 11.6. The van der Waals surface area contributed by atoms with Gasteiger partial charge in [0.05, 0.1) is 16.6 Å². The van der Waals surface area contributed by atoms with Crippen molar-refractivity contribution in [2.45, 2.75) is 25.7 Å². The van der Waals surface area contributed by atoms with Crippen LogP contribution in [0.4, 0.5) is 5.69 Å². The maximum Gasteiger partial charge on any atom is 0.286 e. The van der Waals surface area contributed by atoms with Crippen LogP contribution in [-0.2, 0) is 12.8 Å². The third-order valence-electron chi connectivity index (χ3n) is 2.64. The van der Waals surface area contributed by atoms with Gasteiger partial charge in [0.1, 0.15) is 0 Å². The summed E-state index contributed by atoms with van der Waals surface area (Å²) in [5.41, 5.74) is 1.20. The van der Waals surface area contributed by atoms with E-state index in [0.717, 1.165) is 17.6 Å². The molecule has 1 aromatic heterocycles. The van der Waals surface area contributed by atoms with Crippen LogP contribution in [0.1, 0.15) is 24.1 Å². The Bertz CT molecular complexity index is 434. The van der Waals surface area contributed by atoms with Crippen LogP contribution in [0.2, 0.25) is 0 Å². The average molecular weight is 273 g/mol. The lowest BCUT2D eigenvalue weighted by Crippen LogP contribution is -2.36. The molecule has 0 saturated carbocycles. The van der Waals surface area contributed by atoms with Gasteiger partial charge >= 0.3 is 0 Å². The first-order valence-corrected chi connectivity index (χ1v) is 5.48. The second-order valence-electron chi connectivity index (χ2n) is 3.54. The number of pyridine rings is 1. The largest absolute Gasteiger partial charge is 0.618 e. The molecule has 0 spiro atoms. The van der Waals surface area contributed by atoms with Gasteiger partial charge in [-0.05, 0) is 19.3 Å². The molecule has 0 unspecified atom stereocenters. The molecule has 0 bridgehead atoms. The van der Waals surface area contributed by atoms with E-state index in [2.05, 4.69) is 15.9 Å². The Labute approximate surface area is 94.6 Å². The van der Waals surface area contributed by atoms with Gasteiger partial charge in [-0.3, -0.25) is 10.1 Å². The summed E-state index contributed by atoms with van der Waals surface area (Å²) >= 11 is 3.04. The Morgan fingerprint density at radius 1 is 1.40 bits per heavy atom. The van der Waals surface area contributed by atoms with Crippen molar-refractivity contribution in [3.63, 3.8) is 0 Å². The second-order valence-corrected chi connectivity index (χ2v) is 4.35. The summed E-state index contributed by atoms with van der Waals surface area (Å²) in [5, 5.41) is 22.4. The highest BCUT2D eigenvalue weighted by Crippen LogP contribution is 2.29.